The molecule has 7 heteroatoms. The molecule has 3 aliphatic carbocycles. The number of rotatable bonds is 5. The van der Waals surface area contributed by atoms with Gasteiger partial charge in [-0.15, -0.1) is 0 Å². The zero-order valence-corrected chi connectivity index (χ0v) is 17.6. The summed E-state index contributed by atoms with van der Waals surface area (Å²) < 4.78 is 39.0. The largest absolute Gasteiger partial charge is 0.493 e. The number of fused-ring (bicyclic) bond motifs is 5. The van der Waals surface area contributed by atoms with E-state index in [2.05, 4.69) is 13.0 Å². The fourth-order valence-electron chi connectivity index (χ4n) is 6.01. The number of ether oxygens (including phenoxy) is 2. The Labute approximate surface area is 167 Å². The van der Waals surface area contributed by atoms with Crippen LogP contribution < -0.4 is 14.1 Å². The molecule has 6 nitrogen and oxygen atoms in total. The lowest BCUT2D eigenvalue weighted by atomic mass is 9.56. The van der Waals surface area contributed by atoms with Crippen LogP contribution in [0, 0.1) is 11.3 Å². The highest BCUT2D eigenvalue weighted by molar-refractivity contribution is 7.84. The van der Waals surface area contributed by atoms with E-state index in [-0.39, 0.29) is 17.3 Å². The Hall–Kier alpha value is -1.57. The minimum absolute atomic E-state index is 0.167. The second-order valence-corrected chi connectivity index (χ2v) is 9.35. The van der Waals surface area contributed by atoms with Crippen molar-refractivity contribution in [1.29, 1.82) is 0 Å². The molecule has 4 atom stereocenters. The van der Waals surface area contributed by atoms with E-state index in [1.165, 1.54) is 12.7 Å². The minimum atomic E-state index is -4.09. The third-order valence-corrected chi connectivity index (χ3v) is 7.61. The van der Waals surface area contributed by atoms with Crippen LogP contribution in [0.25, 0.3) is 0 Å². The van der Waals surface area contributed by atoms with Crippen LogP contribution in [0.3, 0.4) is 0 Å². The van der Waals surface area contributed by atoms with Gasteiger partial charge in [-0.1, -0.05) is 18.6 Å². The average molecular weight is 408 g/mol. The van der Waals surface area contributed by atoms with Crippen LogP contribution >= 0.6 is 0 Å². The van der Waals surface area contributed by atoms with E-state index in [0.29, 0.717) is 17.6 Å². The van der Waals surface area contributed by atoms with E-state index in [9.17, 15) is 8.42 Å². The van der Waals surface area contributed by atoms with Crippen molar-refractivity contribution in [3.05, 3.63) is 34.9 Å². The first kappa shape index (κ1) is 19.7. The molecule has 4 rings (SSSR count). The van der Waals surface area contributed by atoms with E-state index in [4.69, 9.17) is 18.8 Å². The molecule has 0 spiro atoms. The molecule has 28 heavy (non-hydrogen) atoms. The lowest BCUT2D eigenvalue weighted by Crippen LogP contribution is -2.42. The normalized spacial score (nSPS) is 31.4. The van der Waals surface area contributed by atoms with Gasteiger partial charge in [0.05, 0.1) is 13.2 Å². The van der Waals surface area contributed by atoms with Crippen molar-refractivity contribution < 1.29 is 22.1 Å². The predicted octanol–water partition coefficient (Wildman–Crippen LogP) is 3.46. The molecule has 3 aliphatic rings. The van der Waals surface area contributed by atoms with Crippen molar-refractivity contribution in [1.82, 2.24) is 0 Å². The van der Waals surface area contributed by atoms with Gasteiger partial charge in [0.1, 0.15) is 0 Å². The Bertz CT molecular complexity index is 910. The molecule has 2 unspecified atom stereocenters. The van der Waals surface area contributed by atoms with Crippen LogP contribution in [0.15, 0.2) is 23.8 Å². The lowest BCUT2D eigenvalue weighted by Gasteiger charge is -2.49. The van der Waals surface area contributed by atoms with E-state index >= 15 is 0 Å². The molecule has 1 aromatic rings. The predicted molar refractivity (Wildman–Crippen MR) is 107 cm³/mol. The number of hydrogen-bond acceptors (Lipinski definition) is 5. The van der Waals surface area contributed by atoms with Gasteiger partial charge in [-0.2, -0.15) is 13.6 Å². The summed E-state index contributed by atoms with van der Waals surface area (Å²) in [4.78, 5) is 0. The van der Waals surface area contributed by atoms with Crippen molar-refractivity contribution in [3.63, 3.8) is 0 Å². The van der Waals surface area contributed by atoms with Gasteiger partial charge in [0.2, 0.25) is 0 Å². The first-order valence-electron chi connectivity index (χ1n) is 9.99. The Morgan fingerprint density at radius 3 is 2.61 bits per heavy atom. The molecule has 0 aliphatic heterocycles. The van der Waals surface area contributed by atoms with Crippen molar-refractivity contribution in [2.45, 2.75) is 57.5 Å². The highest BCUT2D eigenvalue weighted by Gasteiger charge is 2.52. The number of aryl methyl sites for hydroxylation is 1. The van der Waals surface area contributed by atoms with Gasteiger partial charge in [0.25, 0.3) is 0 Å². The van der Waals surface area contributed by atoms with Gasteiger partial charge in [-0.3, -0.25) is 0 Å². The van der Waals surface area contributed by atoms with Gasteiger partial charge in [-0.05, 0) is 73.6 Å². The molecule has 0 saturated heterocycles. The lowest BCUT2D eigenvalue weighted by molar-refractivity contribution is -0.00428. The summed E-state index contributed by atoms with van der Waals surface area (Å²) >= 11 is 0. The fraction of sp³-hybridized carbons (Fsp3) is 0.619. The van der Waals surface area contributed by atoms with E-state index in [1.807, 2.05) is 13.2 Å². The molecule has 1 aromatic carbocycles. The van der Waals surface area contributed by atoms with Crippen molar-refractivity contribution >= 4 is 10.3 Å². The Morgan fingerprint density at radius 2 is 1.96 bits per heavy atom. The summed E-state index contributed by atoms with van der Waals surface area (Å²) in [6.07, 6.45) is 8.98. The highest BCUT2D eigenvalue weighted by atomic mass is 32.2. The van der Waals surface area contributed by atoms with Gasteiger partial charge < -0.3 is 13.7 Å². The van der Waals surface area contributed by atoms with Gasteiger partial charge in [0.15, 0.2) is 11.5 Å². The molecule has 1 fully saturated rings. The number of hydrogen-bond donors (Lipinski definition) is 1. The molecule has 1 saturated carbocycles. The molecule has 0 aromatic heterocycles. The van der Waals surface area contributed by atoms with Crippen LogP contribution in [0.5, 0.6) is 11.5 Å². The van der Waals surface area contributed by atoms with Gasteiger partial charge in [0, 0.05) is 12.5 Å². The first-order chi connectivity index (χ1) is 13.3. The summed E-state index contributed by atoms with van der Waals surface area (Å²) in [7, 11) is -0.745. The topological polar surface area (TPSA) is 87.9 Å². The molecule has 0 heterocycles. The Balaban J connectivity index is 1.71. The van der Waals surface area contributed by atoms with Gasteiger partial charge in [-0.25, -0.2) is 0 Å². The van der Waals surface area contributed by atoms with Crippen LogP contribution in [0.4, 0.5) is 0 Å². The zero-order chi connectivity index (χ0) is 20.1. The standard InChI is InChI=1S/C21H29NO5S/c1-4-21-10-9-14-15(17(21)7-8-20(21)26-3)6-5-13-11-19(27-28(22,23)24)18(25-2)12-16(13)14/h7,11-12,14-15,20H,4-6,8-10H2,1-3H3,(H2,22,23,24)/t14?,15?,20-,21+/m1/s1. The van der Waals surface area contributed by atoms with E-state index < -0.39 is 10.3 Å². The molecule has 2 N–H and O–H groups in total. The maximum atomic E-state index is 11.4. The van der Waals surface area contributed by atoms with Crippen molar-refractivity contribution in [2.24, 2.45) is 16.5 Å². The number of methoxy groups -OCH3 is 2. The van der Waals surface area contributed by atoms with E-state index in [0.717, 1.165) is 44.1 Å². The van der Waals surface area contributed by atoms with Crippen LogP contribution in [-0.2, 0) is 21.5 Å². The maximum absolute atomic E-state index is 11.4. The molecule has 0 bridgehead atoms. The highest BCUT2D eigenvalue weighted by Crippen LogP contribution is 2.61. The van der Waals surface area contributed by atoms with E-state index in [1.54, 1.807) is 11.6 Å². The van der Waals surface area contributed by atoms with Crippen molar-refractivity contribution in [3.8, 4) is 11.5 Å². The quantitative estimate of drug-likeness (QED) is 0.755. The summed E-state index contributed by atoms with van der Waals surface area (Å²) in [5.74, 6) is 1.51. The third-order valence-electron chi connectivity index (χ3n) is 7.20. The summed E-state index contributed by atoms with van der Waals surface area (Å²) in [6, 6.07) is 3.74. The molecule has 154 valence electrons. The summed E-state index contributed by atoms with van der Waals surface area (Å²) in [5, 5.41) is 5.06. The Morgan fingerprint density at radius 1 is 1.18 bits per heavy atom. The molecular formula is C21H29NO5S. The number of benzene rings is 1. The first-order valence-corrected chi connectivity index (χ1v) is 11.5. The second kappa shape index (κ2) is 7.04. The van der Waals surface area contributed by atoms with Crippen molar-refractivity contribution in [2.75, 3.05) is 14.2 Å². The smallest absolute Gasteiger partial charge is 0.380 e. The van der Waals surface area contributed by atoms with Crippen LogP contribution in [0.1, 0.15) is 56.1 Å². The van der Waals surface area contributed by atoms with Crippen LogP contribution in [-0.4, -0.2) is 28.7 Å². The second-order valence-electron chi connectivity index (χ2n) is 8.20. The summed E-state index contributed by atoms with van der Waals surface area (Å²) in [5.41, 5.74) is 4.13. The minimum Gasteiger partial charge on any atom is -0.493 e. The maximum Gasteiger partial charge on any atom is 0.380 e. The van der Waals surface area contributed by atoms with Crippen LogP contribution in [0.2, 0.25) is 0 Å². The zero-order valence-electron chi connectivity index (χ0n) is 16.7. The van der Waals surface area contributed by atoms with Gasteiger partial charge >= 0.3 is 10.3 Å². The molecule has 0 amide bonds. The number of nitrogens with two attached hydrogens (primary N) is 1. The summed E-state index contributed by atoms with van der Waals surface area (Å²) in [6.45, 7) is 2.28. The SMILES string of the molecule is CC[C@]12CCC3c4cc(OC)c(OS(N)(=O)=O)cc4CCC3C1=CC[C@H]2OC. The fourth-order valence-corrected chi connectivity index (χ4v) is 6.39. The molecule has 0 radical (unpaired) electrons. The average Bonchev–Trinajstić information content (AvgIpc) is 3.05. The Kier molecular flexibility index (Phi) is 4.96. The molecular weight excluding hydrogens is 378 g/mol. The third kappa shape index (κ3) is 3.04. The monoisotopic (exact) mass is 407 g/mol.